The van der Waals surface area contributed by atoms with Crippen LogP contribution in [-0.4, -0.2) is 47.4 Å². The van der Waals surface area contributed by atoms with Crippen LogP contribution in [0.2, 0.25) is 0 Å². The van der Waals surface area contributed by atoms with Crippen LogP contribution in [0.5, 0.6) is 0 Å². The van der Waals surface area contributed by atoms with E-state index >= 15 is 0 Å². The van der Waals surface area contributed by atoms with E-state index in [9.17, 15) is 0 Å². The highest BCUT2D eigenvalue weighted by Crippen LogP contribution is 2.19. The van der Waals surface area contributed by atoms with Crippen molar-refractivity contribution < 1.29 is 4.74 Å². The molecule has 8 heteroatoms. The maximum absolute atomic E-state index is 6.02. The Bertz CT molecular complexity index is 698. The molecule has 28 heavy (non-hydrogen) atoms. The molecule has 0 spiro atoms. The fourth-order valence-corrected chi connectivity index (χ4v) is 3.38. The SMILES string of the molecule is CN=C(NCCOC1CCCCCC1)NCc1cccc(-c2ncn[nH]2)c1.I. The Labute approximate surface area is 184 Å². The molecular formula is C20H31IN6O. The van der Waals surface area contributed by atoms with E-state index in [1.165, 1.54) is 44.9 Å². The summed E-state index contributed by atoms with van der Waals surface area (Å²) >= 11 is 0. The van der Waals surface area contributed by atoms with Crippen molar-refractivity contribution in [3.05, 3.63) is 36.2 Å². The highest BCUT2D eigenvalue weighted by atomic mass is 127. The highest BCUT2D eigenvalue weighted by Gasteiger charge is 2.12. The van der Waals surface area contributed by atoms with Gasteiger partial charge < -0.3 is 15.4 Å². The zero-order valence-electron chi connectivity index (χ0n) is 16.5. The van der Waals surface area contributed by atoms with Crippen molar-refractivity contribution >= 4 is 29.9 Å². The predicted molar refractivity (Wildman–Crippen MR) is 123 cm³/mol. The number of guanidine groups is 1. The molecule has 1 heterocycles. The number of aromatic amines is 1. The molecule has 3 N–H and O–H groups in total. The first kappa shape index (κ1) is 22.6. The van der Waals surface area contributed by atoms with Crippen LogP contribution in [0.25, 0.3) is 11.4 Å². The molecule has 1 aliphatic rings. The van der Waals surface area contributed by atoms with Crippen LogP contribution in [0.15, 0.2) is 35.6 Å². The highest BCUT2D eigenvalue weighted by molar-refractivity contribution is 14.0. The summed E-state index contributed by atoms with van der Waals surface area (Å²) in [6, 6.07) is 8.21. The molecule has 154 valence electrons. The second kappa shape index (κ2) is 12.7. The van der Waals surface area contributed by atoms with E-state index in [1.807, 2.05) is 12.1 Å². The average molecular weight is 498 g/mol. The van der Waals surface area contributed by atoms with Crippen molar-refractivity contribution in [3.8, 4) is 11.4 Å². The molecule has 0 amide bonds. The quantitative estimate of drug-likeness (QED) is 0.179. The molecule has 1 aromatic carbocycles. The van der Waals surface area contributed by atoms with Crippen molar-refractivity contribution in [1.82, 2.24) is 25.8 Å². The van der Waals surface area contributed by atoms with Gasteiger partial charge in [0.05, 0.1) is 12.7 Å². The van der Waals surface area contributed by atoms with Gasteiger partial charge in [0.1, 0.15) is 6.33 Å². The third-order valence-electron chi connectivity index (χ3n) is 4.85. The fraction of sp³-hybridized carbons (Fsp3) is 0.550. The lowest BCUT2D eigenvalue weighted by Gasteiger charge is -2.17. The number of hydrogen-bond donors (Lipinski definition) is 3. The summed E-state index contributed by atoms with van der Waals surface area (Å²) in [6.07, 6.45) is 9.66. The van der Waals surface area contributed by atoms with Crippen molar-refractivity contribution in [2.24, 2.45) is 4.99 Å². The van der Waals surface area contributed by atoms with E-state index in [1.54, 1.807) is 7.05 Å². The van der Waals surface area contributed by atoms with Gasteiger partial charge in [0.25, 0.3) is 0 Å². The maximum atomic E-state index is 6.02. The van der Waals surface area contributed by atoms with Crippen LogP contribution in [0.4, 0.5) is 0 Å². The molecule has 3 rings (SSSR count). The molecule has 1 aliphatic carbocycles. The number of ether oxygens (including phenoxy) is 1. The molecule has 0 unspecified atom stereocenters. The van der Waals surface area contributed by atoms with Gasteiger partial charge in [-0.25, -0.2) is 4.98 Å². The number of benzene rings is 1. The van der Waals surface area contributed by atoms with E-state index in [-0.39, 0.29) is 24.0 Å². The first-order valence-electron chi connectivity index (χ1n) is 9.86. The van der Waals surface area contributed by atoms with Crippen LogP contribution < -0.4 is 10.6 Å². The first-order valence-corrected chi connectivity index (χ1v) is 9.86. The molecule has 7 nitrogen and oxygen atoms in total. The van der Waals surface area contributed by atoms with Gasteiger partial charge >= 0.3 is 0 Å². The molecule has 1 fully saturated rings. The van der Waals surface area contributed by atoms with Gasteiger partial charge in [0.15, 0.2) is 11.8 Å². The number of nitrogens with one attached hydrogen (secondary N) is 3. The van der Waals surface area contributed by atoms with Gasteiger partial charge in [-0.3, -0.25) is 10.1 Å². The van der Waals surface area contributed by atoms with Gasteiger partial charge in [-0.2, -0.15) is 5.10 Å². The van der Waals surface area contributed by atoms with Crippen LogP contribution in [0.3, 0.4) is 0 Å². The second-order valence-electron chi connectivity index (χ2n) is 6.87. The largest absolute Gasteiger partial charge is 0.376 e. The van der Waals surface area contributed by atoms with Gasteiger partial charge in [-0.15, -0.1) is 24.0 Å². The lowest BCUT2D eigenvalue weighted by Crippen LogP contribution is -2.38. The van der Waals surface area contributed by atoms with Crippen molar-refractivity contribution in [2.75, 3.05) is 20.2 Å². The van der Waals surface area contributed by atoms with E-state index in [0.717, 1.165) is 29.5 Å². The smallest absolute Gasteiger partial charge is 0.191 e. The third-order valence-corrected chi connectivity index (χ3v) is 4.85. The zero-order valence-corrected chi connectivity index (χ0v) is 18.8. The van der Waals surface area contributed by atoms with Crippen LogP contribution in [0, 0.1) is 0 Å². The minimum Gasteiger partial charge on any atom is -0.376 e. The van der Waals surface area contributed by atoms with Crippen LogP contribution in [0.1, 0.15) is 44.1 Å². The molecular weight excluding hydrogens is 467 g/mol. The van der Waals surface area contributed by atoms with E-state index in [2.05, 4.69) is 42.9 Å². The number of H-pyrrole nitrogens is 1. The number of halogens is 1. The number of nitrogens with zero attached hydrogens (tertiary/aromatic N) is 3. The second-order valence-corrected chi connectivity index (χ2v) is 6.87. The average Bonchev–Trinajstić information content (AvgIpc) is 3.12. The Kier molecular flexibility index (Phi) is 10.3. The van der Waals surface area contributed by atoms with E-state index in [0.29, 0.717) is 19.3 Å². The Morgan fingerprint density at radius 2 is 2.04 bits per heavy atom. The lowest BCUT2D eigenvalue weighted by molar-refractivity contribution is 0.0468. The van der Waals surface area contributed by atoms with Crippen molar-refractivity contribution in [3.63, 3.8) is 0 Å². The number of aromatic nitrogens is 3. The van der Waals surface area contributed by atoms with Gasteiger partial charge in [-0.1, -0.05) is 43.9 Å². The molecule has 0 atom stereocenters. The summed E-state index contributed by atoms with van der Waals surface area (Å²) in [5.41, 5.74) is 2.17. The van der Waals surface area contributed by atoms with E-state index in [4.69, 9.17) is 4.74 Å². The summed E-state index contributed by atoms with van der Waals surface area (Å²) in [5.74, 6) is 1.56. The Morgan fingerprint density at radius 1 is 1.21 bits per heavy atom. The minimum absolute atomic E-state index is 0. The van der Waals surface area contributed by atoms with Crippen molar-refractivity contribution in [2.45, 2.75) is 51.2 Å². The Morgan fingerprint density at radius 3 is 2.75 bits per heavy atom. The summed E-state index contributed by atoms with van der Waals surface area (Å²) in [5, 5.41) is 13.5. The summed E-state index contributed by atoms with van der Waals surface area (Å²) < 4.78 is 6.02. The number of rotatable bonds is 7. The topological polar surface area (TPSA) is 87.2 Å². The normalized spacial score (nSPS) is 15.5. The Balaban J connectivity index is 0.00000280. The Hall–Kier alpha value is -1.68. The fourth-order valence-electron chi connectivity index (χ4n) is 3.38. The van der Waals surface area contributed by atoms with Crippen LogP contribution >= 0.6 is 24.0 Å². The van der Waals surface area contributed by atoms with Gasteiger partial charge in [0.2, 0.25) is 0 Å². The van der Waals surface area contributed by atoms with Crippen molar-refractivity contribution in [1.29, 1.82) is 0 Å². The predicted octanol–water partition coefficient (Wildman–Crippen LogP) is 3.49. The molecule has 1 aromatic heterocycles. The van der Waals surface area contributed by atoms with Gasteiger partial charge in [-0.05, 0) is 24.5 Å². The minimum atomic E-state index is 0. The lowest BCUT2D eigenvalue weighted by atomic mass is 10.1. The molecule has 1 saturated carbocycles. The van der Waals surface area contributed by atoms with Gasteiger partial charge in [0, 0.05) is 25.7 Å². The molecule has 2 aromatic rings. The first-order chi connectivity index (χ1) is 13.3. The van der Waals surface area contributed by atoms with E-state index < -0.39 is 0 Å². The zero-order chi connectivity index (χ0) is 18.7. The summed E-state index contributed by atoms with van der Waals surface area (Å²) in [4.78, 5) is 8.48. The standard InChI is InChI=1S/C20H30N6O.HI/c1-21-20(22-11-12-27-18-9-4-2-3-5-10-18)23-14-16-7-6-8-17(13-16)19-24-15-25-26-19;/h6-8,13,15,18H,2-5,9-12,14H2,1H3,(H2,21,22,23)(H,24,25,26);1H. The maximum Gasteiger partial charge on any atom is 0.191 e. The number of aliphatic imine (C=N–C) groups is 1. The third kappa shape index (κ3) is 7.38. The molecule has 0 bridgehead atoms. The molecule has 0 aliphatic heterocycles. The summed E-state index contributed by atoms with van der Waals surface area (Å²) in [7, 11) is 1.78. The monoisotopic (exact) mass is 498 g/mol. The molecule has 0 saturated heterocycles. The van der Waals surface area contributed by atoms with Crippen LogP contribution in [-0.2, 0) is 11.3 Å². The summed E-state index contributed by atoms with van der Waals surface area (Å²) in [6.45, 7) is 2.16. The number of hydrogen-bond acceptors (Lipinski definition) is 4. The molecule has 0 radical (unpaired) electrons.